The van der Waals surface area contributed by atoms with Gasteiger partial charge in [0.2, 0.25) is 5.78 Å². The van der Waals surface area contributed by atoms with Crippen LogP contribution in [0.1, 0.15) is 0 Å². The van der Waals surface area contributed by atoms with Crippen molar-refractivity contribution in [3.63, 3.8) is 0 Å². The summed E-state index contributed by atoms with van der Waals surface area (Å²) in [6.45, 7) is -0.0384. The molecule has 0 bridgehead atoms. The van der Waals surface area contributed by atoms with Crippen LogP contribution in [0.4, 0.5) is 0 Å². The Hall–Kier alpha value is -6.31. The van der Waals surface area contributed by atoms with Crippen LogP contribution < -0.4 is 41.4 Å². The minimum absolute atomic E-state index is 0.0384. The molecule has 2 aliphatic rings. The number of hydrogen-bond donors (Lipinski definition) is 0. The van der Waals surface area contributed by atoms with Crippen LogP contribution in [0.15, 0.2) is 170 Å². The van der Waals surface area contributed by atoms with Crippen LogP contribution in [0.3, 0.4) is 0 Å². The van der Waals surface area contributed by atoms with Crippen molar-refractivity contribution in [2.75, 3.05) is 0 Å². The SMILES string of the molecule is c1ccc([Si](c2ccccc2)(c2ccc3c4c2Oc2ccccc2B4c2ccccc2O3)n2c3ccccc3n3c4ccccc4nc23)cc1. The van der Waals surface area contributed by atoms with E-state index in [-0.39, 0.29) is 6.71 Å². The molecule has 7 heteroatoms. The van der Waals surface area contributed by atoms with E-state index >= 15 is 0 Å². The molecule has 0 amide bonds. The third-order valence-corrected chi connectivity index (χ3v) is 15.2. The normalized spacial score (nSPS) is 13.1. The second-order valence-corrected chi connectivity index (χ2v) is 16.6. The Labute approximate surface area is 289 Å². The number of imidazole rings is 2. The standard InChI is InChI=1S/C43H28BN3O2Si/c1-3-15-29(16-4-1)50(30-17-5-2-6-18-30,47-36-24-12-11-23-35(36)46-34-22-10-9-21-33(34)45-43(46)47)40-28-27-39-41-42(40)49-38-26-14-8-20-32(38)44(41)31-19-7-13-25-37(31)48-39/h1-28H. The molecule has 0 N–H and O–H groups in total. The summed E-state index contributed by atoms with van der Waals surface area (Å²) in [4.78, 5) is 5.43. The van der Waals surface area contributed by atoms with Crippen LogP contribution >= 0.6 is 0 Å². The van der Waals surface area contributed by atoms with E-state index in [4.69, 9.17) is 14.5 Å². The highest BCUT2D eigenvalue weighted by Crippen LogP contribution is 2.36. The van der Waals surface area contributed by atoms with E-state index < -0.39 is 8.24 Å². The molecule has 0 unspecified atom stereocenters. The van der Waals surface area contributed by atoms with Crippen molar-refractivity contribution < 1.29 is 9.47 Å². The number of fused-ring (bicyclic) bond motifs is 9. The van der Waals surface area contributed by atoms with Gasteiger partial charge in [-0.05, 0) is 63.8 Å². The van der Waals surface area contributed by atoms with Crippen molar-refractivity contribution in [3.05, 3.63) is 170 Å². The molecule has 0 saturated heterocycles. The summed E-state index contributed by atoms with van der Waals surface area (Å²) in [7, 11) is -3.32. The first-order valence-electron chi connectivity index (χ1n) is 17.0. The molecule has 0 aliphatic carbocycles. The van der Waals surface area contributed by atoms with Gasteiger partial charge in [0, 0.05) is 10.6 Å². The number of hydrogen-bond acceptors (Lipinski definition) is 3. The molecule has 2 aromatic heterocycles. The van der Waals surface area contributed by atoms with E-state index in [1.807, 2.05) is 6.07 Å². The fourth-order valence-corrected chi connectivity index (χ4v) is 13.5. The summed E-state index contributed by atoms with van der Waals surface area (Å²) >= 11 is 0. The van der Waals surface area contributed by atoms with Crippen molar-refractivity contribution in [2.45, 2.75) is 0 Å². The Balaban J connectivity index is 1.35. The molecule has 0 fully saturated rings. The predicted octanol–water partition coefficient (Wildman–Crippen LogP) is 5.69. The molecule has 2 aliphatic heterocycles. The summed E-state index contributed by atoms with van der Waals surface area (Å²) in [6, 6.07) is 60.5. The molecular formula is C43H28BN3O2Si. The zero-order chi connectivity index (χ0) is 32.8. The minimum atomic E-state index is -3.32. The van der Waals surface area contributed by atoms with Crippen LogP contribution in [-0.2, 0) is 0 Å². The third kappa shape index (κ3) is 3.59. The lowest BCUT2D eigenvalue weighted by Crippen LogP contribution is -2.73. The monoisotopic (exact) mass is 657 g/mol. The molecule has 4 heterocycles. The molecule has 0 atom stereocenters. The maximum absolute atomic E-state index is 7.21. The number of rotatable bonds is 4. The van der Waals surface area contributed by atoms with E-state index in [0.717, 1.165) is 72.4 Å². The summed E-state index contributed by atoms with van der Waals surface area (Å²) < 4.78 is 18.8. The van der Waals surface area contributed by atoms with Crippen molar-refractivity contribution in [2.24, 2.45) is 0 Å². The second-order valence-electron chi connectivity index (χ2n) is 13.1. The van der Waals surface area contributed by atoms with E-state index in [2.05, 4.69) is 172 Å². The average molecular weight is 658 g/mol. The molecule has 7 aromatic carbocycles. The molecule has 50 heavy (non-hydrogen) atoms. The Morgan fingerprint density at radius 2 is 1.04 bits per heavy atom. The van der Waals surface area contributed by atoms with Crippen molar-refractivity contribution >= 4 is 74.7 Å². The third-order valence-electron chi connectivity index (χ3n) is 10.6. The first-order valence-corrected chi connectivity index (χ1v) is 19.0. The fraction of sp³-hybridized carbons (Fsp3) is 0. The molecule has 0 radical (unpaired) electrons. The summed E-state index contributed by atoms with van der Waals surface area (Å²) in [5.41, 5.74) is 7.66. The number of benzene rings is 7. The first kappa shape index (κ1) is 27.6. The summed E-state index contributed by atoms with van der Waals surface area (Å²) in [6.07, 6.45) is 0. The van der Waals surface area contributed by atoms with Crippen molar-refractivity contribution in [3.8, 4) is 23.0 Å². The Kier molecular flexibility index (Phi) is 5.72. The topological polar surface area (TPSA) is 40.7 Å². The lowest BCUT2D eigenvalue weighted by molar-refractivity contribution is 0.466. The van der Waals surface area contributed by atoms with Crippen molar-refractivity contribution in [1.29, 1.82) is 0 Å². The van der Waals surface area contributed by atoms with E-state index in [0.29, 0.717) is 0 Å². The van der Waals surface area contributed by atoms with E-state index in [9.17, 15) is 0 Å². The largest absolute Gasteiger partial charge is 0.458 e. The Morgan fingerprint density at radius 3 is 1.74 bits per heavy atom. The van der Waals surface area contributed by atoms with Gasteiger partial charge in [0.25, 0.3) is 14.9 Å². The molecule has 0 saturated carbocycles. The predicted molar refractivity (Wildman–Crippen MR) is 205 cm³/mol. The number of nitrogens with zero attached hydrogens (tertiary/aromatic N) is 3. The maximum atomic E-state index is 7.21. The van der Waals surface area contributed by atoms with Gasteiger partial charge in [-0.3, -0.25) is 4.40 Å². The van der Waals surface area contributed by atoms with Crippen LogP contribution in [0.2, 0.25) is 0 Å². The van der Waals surface area contributed by atoms with Gasteiger partial charge in [-0.15, -0.1) is 0 Å². The zero-order valence-electron chi connectivity index (χ0n) is 26.9. The summed E-state index contributed by atoms with van der Waals surface area (Å²) in [5.74, 6) is 4.37. The highest BCUT2D eigenvalue weighted by atomic mass is 28.3. The van der Waals surface area contributed by atoms with Crippen LogP contribution in [0, 0.1) is 0 Å². The highest BCUT2D eigenvalue weighted by Gasteiger charge is 2.50. The lowest BCUT2D eigenvalue weighted by Gasteiger charge is -2.40. The molecule has 234 valence electrons. The van der Waals surface area contributed by atoms with E-state index in [1.54, 1.807) is 0 Å². The molecule has 5 nitrogen and oxygen atoms in total. The molecule has 11 rings (SSSR count). The minimum Gasteiger partial charge on any atom is -0.458 e. The quantitative estimate of drug-likeness (QED) is 0.181. The first-order chi connectivity index (χ1) is 24.8. The van der Waals surface area contributed by atoms with Crippen LogP contribution in [0.5, 0.6) is 23.0 Å². The van der Waals surface area contributed by atoms with Crippen LogP contribution in [0.25, 0.3) is 27.8 Å². The van der Waals surface area contributed by atoms with Crippen LogP contribution in [-0.4, -0.2) is 28.6 Å². The second kappa shape index (κ2) is 10.3. The van der Waals surface area contributed by atoms with Gasteiger partial charge >= 0.3 is 0 Å². The zero-order valence-corrected chi connectivity index (χ0v) is 27.9. The summed E-state index contributed by atoms with van der Waals surface area (Å²) in [5, 5.41) is 3.61. The number of aromatic nitrogens is 3. The smallest absolute Gasteiger partial charge is 0.264 e. The molecule has 0 spiro atoms. The highest BCUT2D eigenvalue weighted by molar-refractivity contribution is 7.12. The van der Waals surface area contributed by atoms with Gasteiger partial charge in [-0.1, -0.05) is 127 Å². The fourth-order valence-electron chi connectivity index (χ4n) is 8.57. The van der Waals surface area contributed by atoms with E-state index in [1.165, 1.54) is 10.4 Å². The van der Waals surface area contributed by atoms with Crippen molar-refractivity contribution in [1.82, 2.24) is 13.6 Å². The van der Waals surface area contributed by atoms with Gasteiger partial charge in [-0.2, -0.15) is 0 Å². The van der Waals surface area contributed by atoms with Gasteiger partial charge in [0.1, 0.15) is 23.0 Å². The van der Waals surface area contributed by atoms with Gasteiger partial charge in [0.05, 0.1) is 22.1 Å². The molecular weight excluding hydrogens is 629 g/mol. The Morgan fingerprint density at radius 1 is 0.480 bits per heavy atom. The average Bonchev–Trinajstić information content (AvgIpc) is 3.72. The van der Waals surface area contributed by atoms with Gasteiger partial charge in [-0.25, -0.2) is 4.98 Å². The molecule has 9 aromatic rings. The Bertz CT molecular complexity index is 2740. The lowest BCUT2D eigenvalue weighted by atomic mass is 9.35. The number of ether oxygens (including phenoxy) is 2. The number of para-hydroxylation sites is 6. The van der Waals surface area contributed by atoms with Gasteiger partial charge < -0.3 is 13.7 Å². The van der Waals surface area contributed by atoms with Gasteiger partial charge in [0.15, 0.2) is 0 Å². The maximum Gasteiger partial charge on any atom is 0.264 e.